The van der Waals surface area contributed by atoms with Gasteiger partial charge in [0, 0.05) is 17.7 Å². The van der Waals surface area contributed by atoms with Crippen LogP contribution in [0.5, 0.6) is 11.5 Å². The highest BCUT2D eigenvalue weighted by Crippen LogP contribution is 2.39. The van der Waals surface area contributed by atoms with Crippen molar-refractivity contribution in [2.24, 2.45) is 0 Å². The van der Waals surface area contributed by atoms with Crippen molar-refractivity contribution in [1.82, 2.24) is 5.16 Å². The summed E-state index contributed by atoms with van der Waals surface area (Å²) in [5.74, 6) is 2.07. The van der Waals surface area contributed by atoms with Crippen LogP contribution >= 0.6 is 0 Å². The summed E-state index contributed by atoms with van der Waals surface area (Å²) < 4.78 is 17.7. The second-order valence-corrected chi connectivity index (χ2v) is 7.93. The standard InChI is InChI=1S/C27H27NO4/c1-19(2)23-14-24(25-13-22(16-29)32-28-25)27(31-18-21-11-7-4-8-12-21)15-26(23)30-17-20-9-5-3-6-10-20/h3-15,19,29H,16-18H2,1-2H3. The van der Waals surface area contributed by atoms with E-state index in [0.29, 0.717) is 30.4 Å². The molecular formula is C27H27NO4. The maximum atomic E-state index is 9.40. The Hall–Kier alpha value is -3.57. The highest BCUT2D eigenvalue weighted by Gasteiger charge is 2.19. The summed E-state index contributed by atoms with van der Waals surface area (Å²) in [6.45, 7) is 4.93. The van der Waals surface area contributed by atoms with Gasteiger partial charge in [0.1, 0.15) is 37.0 Å². The Balaban J connectivity index is 1.70. The van der Waals surface area contributed by atoms with Crippen LogP contribution in [0.4, 0.5) is 0 Å². The quantitative estimate of drug-likeness (QED) is 0.347. The summed E-state index contributed by atoms with van der Waals surface area (Å²) in [4.78, 5) is 0. The molecule has 0 radical (unpaired) electrons. The minimum absolute atomic E-state index is 0.206. The Morgan fingerprint density at radius 1 is 0.812 bits per heavy atom. The van der Waals surface area contributed by atoms with E-state index in [0.717, 1.165) is 28.0 Å². The van der Waals surface area contributed by atoms with E-state index in [2.05, 4.69) is 19.0 Å². The number of aliphatic hydroxyl groups excluding tert-OH is 1. The SMILES string of the molecule is CC(C)c1cc(-c2cc(CO)on2)c(OCc2ccccc2)cc1OCc1ccccc1. The molecule has 0 aliphatic rings. The molecule has 164 valence electrons. The molecule has 1 aromatic heterocycles. The minimum Gasteiger partial charge on any atom is -0.488 e. The molecule has 0 atom stereocenters. The van der Waals surface area contributed by atoms with Gasteiger partial charge in [-0.3, -0.25) is 0 Å². The summed E-state index contributed by atoms with van der Waals surface area (Å²) in [6.07, 6.45) is 0. The average molecular weight is 430 g/mol. The molecule has 0 saturated carbocycles. The topological polar surface area (TPSA) is 64.7 Å². The van der Waals surface area contributed by atoms with Crippen molar-refractivity contribution in [3.63, 3.8) is 0 Å². The van der Waals surface area contributed by atoms with Gasteiger partial charge in [0.25, 0.3) is 0 Å². The van der Waals surface area contributed by atoms with E-state index in [1.54, 1.807) is 6.07 Å². The Labute approximate surface area is 188 Å². The van der Waals surface area contributed by atoms with E-state index in [1.807, 2.05) is 72.8 Å². The third-order valence-electron chi connectivity index (χ3n) is 5.20. The fourth-order valence-corrected chi connectivity index (χ4v) is 3.46. The maximum Gasteiger partial charge on any atom is 0.162 e. The lowest BCUT2D eigenvalue weighted by Gasteiger charge is -2.19. The molecule has 1 heterocycles. The first-order valence-corrected chi connectivity index (χ1v) is 10.7. The maximum absolute atomic E-state index is 9.40. The third-order valence-corrected chi connectivity index (χ3v) is 5.20. The van der Waals surface area contributed by atoms with Gasteiger partial charge in [-0.1, -0.05) is 79.7 Å². The molecule has 0 aliphatic heterocycles. The van der Waals surface area contributed by atoms with E-state index in [-0.39, 0.29) is 12.5 Å². The first kappa shape index (κ1) is 21.7. The van der Waals surface area contributed by atoms with Crippen molar-refractivity contribution >= 4 is 0 Å². The number of benzene rings is 3. The van der Waals surface area contributed by atoms with E-state index in [9.17, 15) is 5.11 Å². The summed E-state index contributed by atoms with van der Waals surface area (Å²) in [5.41, 5.74) is 4.64. The van der Waals surface area contributed by atoms with Crippen molar-refractivity contribution in [2.45, 2.75) is 39.6 Å². The third kappa shape index (κ3) is 5.18. The molecule has 0 aliphatic carbocycles. The molecule has 0 unspecified atom stereocenters. The van der Waals surface area contributed by atoms with Crippen LogP contribution in [-0.4, -0.2) is 10.3 Å². The number of hydrogen-bond donors (Lipinski definition) is 1. The molecule has 5 nitrogen and oxygen atoms in total. The van der Waals surface area contributed by atoms with Gasteiger partial charge in [-0.2, -0.15) is 0 Å². The van der Waals surface area contributed by atoms with Crippen molar-refractivity contribution in [2.75, 3.05) is 0 Å². The van der Waals surface area contributed by atoms with Gasteiger partial charge in [-0.15, -0.1) is 0 Å². The normalized spacial score (nSPS) is 11.0. The van der Waals surface area contributed by atoms with Gasteiger partial charge in [-0.25, -0.2) is 0 Å². The Morgan fingerprint density at radius 2 is 1.41 bits per heavy atom. The van der Waals surface area contributed by atoms with Crippen LogP contribution in [0.3, 0.4) is 0 Å². The lowest BCUT2D eigenvalue weighted by molar-refractivity contribution is 0.229. The second-order valence-electron chi connectivity index (χ2n) is 7.93. The largest absolute Gasteiger partial charge is 0.488 e. The van der Waals surface area contributed by atoms with Crippen LogP contribution in [0, 0.1) is 0 Å². The van der Waals surface area contributed by atoms with Crippen LogP contribution < -0.4 is 9.47 Å². The highest BCUT2D eigenvalue weighted by molar-refractivity contribution is 5.70. The van der Waals surface area contributed by atoms with E-state index in [1.165, 1.54) is 0 Å². The van der Waals surface area contributed by atoms with E-state index < -0.39 is 0 Å². The van der Waals surface area contributed by atoms with Gasteiger partial charge in [0.2, 0.25) is 0 Å². The number of aromatic nitrogens is 1. The number of hydrogen-bond acceptors (Lipinski definition) is 5. The van der Waals surface area contributed by atoms with Gasteiger partial charge < -0.3 is 19.1 Å². The van der Waals surface area contributed by atoms with Gasteiger partial charge in [0.15, 0.2) is 5.76 Å². The average Bonchev–Trinajstić information content (AvgIpc) is 3.31. The smallest absolute Gasteiger partial charge is 0.162 e. The summed E-state index contributed by atoms with van der Waals surface area (Å²) in [6, 6.07) is 25.8. The van der Waals surface area contributed by atoms with Crippen LogP contribution in [0.15, 0.2) is 83.4 Å². The number of aliphatic hydroxyl groups is 1. The van der Waals surface area contributed by atoms with Gasteiger partial charge in [-0.05, 0) is 28.7 Å². The molecule has 0 amide bonds. The molecule has 0 saturated heterocycles. The second kappa shape index (κ2) is 10.2. The van der Waals surface area contributed by atoms with E-state index >= 15 is 0 Å². The first-order valence-electron chi connectivity index (χ1n) is 10.7. The number of ether oxygens (including phenoxy) is 2. The summed E-state index contributed by atoms with van der Waals surface area (Å²) in [5, 5.41) is 13.5. The Kier molecular flexibility index (Phi) is 6.87. The predicted molar refractivity (Wildman–Crippen MR) is 123 cm³/mol. The Bertz CT molecular complexity index is 1140. The van der Waals surface area contributed by atoms with Crippen LogP contribution in [-0.2, 0) is 19.8 Å². The lowest BCUT2D eigenvalue weighted by atomic mass is 9.97. The molecule has 3 aromatic carbocycles. The van der Waals surface area contributed by atoms with Gasteiger partial charge in [0.05, 0.1) is 0 Å². The predicted octanol–water partition coefficient (Wildman–Crippen LogP) is 6.12. The first-order chi connectivity index (χ1) is 15.6. The Morgan fingerprint density at radius 3 is 1.94 bits per heavy atom. The zero-order chi connectivity index (χ0) is 22.3. The molecule has 0 spiro atoms. The monoisotopic (exact) mass is 429 g/mol. The van der Waals surface area contributed by atoms with Crippen LogP contribution in [0.25, 0.3) is 11.3 Å². The molecule has 5 heteroatoms. The molecular weight excluding hydrogens is 402 g/mol. The molecule has 1 N–H and O–H groups in total. The lowest BCUT2D eigenvalue weighted by Crippen LogP contribution is -2.03. The zero-order valence-electron chi connectivity index (χ0n) is 18.3. The van der Waals surface area contributed by atoms with Crippen molar-refractivity contribution in [1.29, 1.82) is 0 Å². The molecule has 0 bridgehead atoms. The highest BCUT2D eigenvalue weighted by atomic mass is 16.5. The van der Waals surface area contributed by atoms with Crippen LogP contribution in [0.1, 0.15) is 42.2 Å². The number of rotatable bonds is 9. The fourth-order valence-electron chi connectivity index (χ4n) is 3.46. The van der Waals surface area contributed by atoms with Crippen molar-refractivity contribution in [3.8, 4) is 22.8 Å². The summed E-state index contributed by atoms with van der Waals surface area (Å²) >= 11 is 0. The summed E-state index contributed by atoms with van der Waals surface area (Å²) in [7, 11) is 0. The van der Waals surface area contributed by atoms with Crippen LogP contribution in [0.2, 0.25) is 0 Å². The molecule has 4 rings (SSSR count). The molecule has 32 heavy (non-hydrogen) atoms. The van der Waals surface area contributed by atoms with Crippen molar-refractivity contribution < 1.29 is 19.1 Å². The zero-order valence-corrected chi connectivity index (χ0v) is 18.3. The molecule has 4 aromatic rings. The number of nitrogens with zero attached hydrogens (tertiary/aromatic N) is 1. The van der Waals surface area contributed by atoms with E-state index in [4.69, 9.17) is 14.0 Å². The van der Waals surface area contributed by atoms with Gasteiger partial charge >= 0.3 is 0 Å². The minimum atomic E-state index is -0.206. The van der Waals surface area contributed by atoms with Crippen molar-refractivity contribution in [3.05, 3.63) is 101 Å². The fraction of sp³-hybridized carbons (Fsp3) is 0.222. The molecule has 0 fully saturated rings.